The van der Waals surface area contributed by atoms with Crippen molar-refractivity contribution in [2.24, 2.45) is 0 Å². The average Bonchev–Trinajstić information content (AvgIpc) is 2.72. The Bertz CT molecular complexity index is 922. The first kappa shape index (κ1) is 19.4. The molecule has 0 fully saturated rings. The summed E-state index contributed by atoms with van der Waals surface area (Å²) in [5.74, 6) is -0.263. The maximum atomic E-state index is 13.7. The fourth-order valence-electron chi connectivity index (χ4n) is 2.85. The molecule has 0 spiro atoms. The van der Waals surface area contributed by atoms with E-state index in [-0.39, 0.29) is 5.69 Å². The number of hydrogen-bond acceptors (Lipinski definition) is 4. The molecule has 0 bridgehead atoms. The van der Waals surface area contributed by atoms with E-state index in [0.29, 0.717) is 11.4 Å². The molecule has 1 aromatic heterocycles. The zero-order valence-corrected chi connectivity index (χ0v) is 15.9. The van der Waals surface area contributed by atoms with Crippen LogP contribution < -0.4 is 15.5 Å². The number of amides is 1. The van der Waals surface area contributed by atoms with Gasteiger partial charge in [-0.05, 0) is 62.4 Å². The van der Waals surface area contributed by atoms with Gasteiger partial charge in [-0.1, -0.05) is 12.1 Å². The van der Waals surface area contributed by atoms with Crippen molar-refractivity contribution in [2.45, 2.75) is 13.8 Å². The molecule has 0 aliphatic rings. The van der Waals surface area contributed by atoms with E-state index in [1.54, 1.807) is 24.3 Å². The second-order valence-corrected chi connectivity index (χ2v) is 6.21. The standard InChI is InChI=1S/C22H23FN4O/c1-3-27(4-2)18-12-10-17(11-13-18)25-21-14-9-16(15-24-21)22(28)26-20-8-6-5-7-19(20)23/h5-15H,3-4H2,1-2H3,(H,24,25)(H,26,28). The second-order valence-electron chi connectivity index (χ2n) is 6.21. The molecule has 144 valence electrons. The van der Waals surface area contributed by atoms with Crippen molar-refractivity contribution < 1.29 is 9.18 Å². The second kappa shape index (κ2) is 8.99. The van der Waals surface area contributed by atoms with Crippen LogP contribution in [0.1, 0.15) is 24.2 Å². The lowest BCUT2D eigenvalue weighted by Crippen LogP contribution is -2.21. The molecule has 3 rings (SSSR count). The first-order valence-corrected chi connectivity index (χ1v) is 9.24. The van der Waals surface area contributed by atoms with Gasteiger partial charge in [-0.15, -0.1) is 0 Å². The van der Waals surface area contributed by atoms with E-state index in [1.165, 1.54) is 24.0 Å². The van der Waals surface area contributed by atoms with Gasteiger partial charge in [0.15, 0.2) is 0 Å². The van der Waals surface area contributed by atoms with Crippen LogP contribution in [0.2, 0.25) is 0 Å². The third-order valence-electron chi connectivity index (χ3n) is 4.42. The van der Waals surface area contributed by atoms with Crippen molar-refractivity contribution in [3.05, 3.63) is 78.2 Å². The van der Waals surface area contributed by atoms with Crippen LogP contribution in [0.15, 0.2) is 66.9 Å². The predicted octanol–water partition coefficient (Wildman–Crippen LogP) is 5.06. The van der Waals surface area contributed by atoms with Crippen LogP contribution in [-0.2, 0) is 0 Å². The summed E-state index contributed by atoms with van der Waals surface area (Å²) in [7, 11) is 0. The zero-order valence-electron chi connectivity index (χ0n) is 15.9. The van der Waals surface area contributed by atoms with Crippen molar-refractivity contribution >= 4 is 28.8 Å². The third-order valence-corrected chi connectivity index (χ3v) is 4.42. The first-order valence-electron chi connectivity index (χ1n) is 9.24. The minimum absolute atomic E-state index is 0.142. The van der Waals surface area contributed by atoms with E-state index in [9.17, 15) is 9.18 Å². The summed E-state index contributed by atoms with van der Waals surface area (Å²) >= 11 is 0. The summed E-state index contributed by atoms with van der Waals surface area (Å²) in [6, 6.07) is 17.5. The number of rotatable bonds is 7. The number of para-hydroxylation sites is 1. The van der Waals surface area contributed by atoms with Crippen LogP contribution in [0.5, 0.6) is 0 Å². The van der Waals surface area contributed by atoms with Crippen molar-refractivity contribution in [3.63, 3.8) is 0 Å². The summed E-state index contributed by atoms with van der Waals surface area (Å²) < 4.78 is 13.7. The molecule has 0 saturated heterocycles. The molecule has 0 radical (unpaired) electrons. The minimum atomic E-state index is -0.477. The molecule has 5 nitrogen and oxygen atoms in total. The smallest absolute Gasteiger partial charge is 0.257 e. The number of halogens is 1. The molecular weight excluding hydrogens is 355 g/mol. The van der Waals surface area contributed by atoms with Gasteiger partial charge in [0.25, 0.3) is 5.91 Å². The maximum absolute atomic E-state index is 13.7. The minimum Gasteiger partial charge on any atom is -0.372 e. The molecule has 0 saturated carbocycles. The topological polar surface area (TPSA) is 57.3 Å². The van der Waals surface area contributed by atoms with Crippen LogP contribution in [0.25, 0.3) is 0 Å². The van der Waals surface area contributed by atoms with Crippen LogP contribution in [0, 0.1) is 5.82 Å². The van der Waals surface area contributed by atoms with Gasteiger partial charge in [0.1, 0.15) is 11.6 Å². The van der Waals surface area contributed by atoms with Crippen LogP contribution in [-0.4, -0.2) is 24.0 Å². The molecule has 1 amide bonds. The van der Waals surface area contributed by atoms with Gasteiger partial charge in [-0.2, -0.15) is 0 Å². The summed E-state index contributed by atoms with van der Waals surface area (Å²) in [5, 5.41) is 5.75. The van der Waals surface area contributed by atoms with Crippen molar-refractivity contribution in [2.75, 3.05) is 28.6 Å². The monoisotopic (exact) mass is 378 g/mol. The molecule has 3 aromatic rings. The lowest BCUT2D eigenvalue weighted by molar-refractivity contribution is 0.102. The van der Waals surface area contributed by atoms with Gasteiger partial charge in [0.2, 0.25) is 0 Å². The van der Waals surface area contributed by atoms with Gasteiger partial charge in [-0.3, -0.25) is 4.79 Å². The molecule has 6 heteroatoms. The Labute approximate surface area is 164 Å². The highest BCUT2D eigenvalue weighted by Gasteiger charge is 2.09. The van der Waals surface area contributed by atoms with Gasteiger partial charge in [-0.25, -0.2) is 9.37 Å². The summed E-state index contributed by atoms with van der Waals surface area (Å²) in [4.78, 5) is 18.8. The largest absolute Gasteiger partial charge is 0.372 e. The predicted molar refractivity (Wildman–Crippen MR) is 112 cm³/mol. The van der Waals surface area contributed by atoms with E-state index in [4.69, 9.17) is 0 Å². The molecule has 0 unspecified atom stereocenters. The average molecular weight is 378 g/mol. The van der Waals surface area contributed by atoms with Crippen molar-refractivity contribution in [1.82, 2.24) is 4.98 Å². The number of aromatic nitrogens is 1. The van der Waals surface area contributed by atoms with Crippen LogP contribution in [0.4, 0.5) is 27.3 Å². The summed E-state index contributed by atoms with van der Waals surface area (Å²) in [6.07, 6.45) is 1.46. The summed E-state index contributed by atoms with van der Waals surface area (Å²) in [5.41, 5.74) is 2.57. The van der Waals surface area contributed by atoms with Gasteiger partial charge in [0.05, 0.1) is 11.3 Å². The molecule has 0 aliphatic carbocycles. The number of hydrogen-bond donors (Lipinski definition) is 2. The fourth-order valence-corrected chi connectivity index (χ4v) is 2.85. The number of benzene rings is 2. The summed E-state index contributed by atoms with van der Waals surface area (Å²) in [6.45, 7) is 6.18. The number of pyridine rings is 1. The fraction of sp³-hybridized carbons (Fsp3) is 0.182. The number of anilines is 4. The number of carbonyl (C=O) groups excluding carboxylic acids is 1. The number of carbonyl (C=O) groups is 1. The van der Waals surface area contributed by atoms with Gasteiger partial charge >= 0.3 is 0 Å². The maximum Gasteiger partial charge on any atom is 0.257 e. The van der Waals surface area contributed by atoms with E-state index >= 15 is 0 Å². The first-order chi connectivity index (χ1) is 13.6. The van der Waals surface area contributed by atoms with Crippen molar-refractivity contribution in [1.29, 1.82) is 0 Å². The molecule has 0 atom stereocenters. The molecule has 0 aliphatic heterocycles. The number of nitrogens with one attached hydrogen (secondary N) is 2. The normalized spacial score (nSPS) is 10.4. The van der Waals surface area contributed by atoms with E-state index in [2.05, 4.69) is 46.5 Å². The number of nitrogens with zero attached hydrogens (tertiary/aromatic N) is 2. The Morgan fingerprint density at radius 3 is 2.32 bits per heavy atom. The Balaban J connectivity index is 1.64. The Morgan fingerprint density at radius 1 is 1.00 bits per heavy atom. The van der Waals surface area contributed by atoms with Crippen molar-refractivity contribution in [3.8, 4) is 0 Å². The Kier molecular flexibility index (Phi) is 6.22. The lowest BCUT2D eigenvalue weighted by atomic mass is 10.2. The molecule has 2 N–H and O–H groups in total. The molecular formula is C22H23FN4O. The Morgan fingerprint density at radius 2 is 1.71 bits per heavy atom. The van der Waals surface area contributed by atoms with E-state index in [0.717, 1.165) is 18.8 Å². The highest BCUT2D eigenvalue weighted by molar-refractivity contribution is 6.04. The molecule has 28 heavy (non-hydrogen) atoms. The van der Waals surface area contributed by atoms with E-state index < -0.39 is 11.7 Å². The molecule has 2 aromatic carbocycles. The lowest BCUT2D eigenvalue weighted by Gasteiger charge is -2.21. The SMILES string of the molecule is CCN(CC)c1ccc(Nc2ccc(C(=O)Nc3ccccc3F)cn2)cc1. The highest BCUT2D eigenvalue weighted by atomic mass is 19.1. The third kappa shape index (κ3) is 4.65. The zero-order chi connectivity index (χ0) is 19.9. The van der Waals surface area contributed by atoms with E-state index in [1.807, 2.05) is 12.1 Å². The van der Waals surface area contributed by atoms with Gasteiger partial charge in [0, 0.05) is 30.7 Å². The Hall–Kier alpha value is -3.41. The van der Waals surface area contributed by atoms with Gasteiger partial charge < -0.3 is 15.5 Å². The van der Waals surface area contributed by atoms with Crippen LogP contribution in [0.3, 0.4) is 0 Å². The highest BCUT2D eigenvalue weighted by Crippen LogP contribution is 2.21. The molecule has 1 heterocycles. The quantitative estimate of drug-likeness (QED) is 0.603. The van der Waals surface area contributed by atoms with Crippen LogP contribution >= 0.6 is 0 Å².